The molecule has 0 amide bonds. The summed E-state index contributed by atoms with van der Waals surface area (Å²) in [6, 6.07) is 0. The minimum atomic E-state index is 0.541. The van der Waals surface area contributed by atoms with Crippen molar-refractivity contribution >= 4 is 0 Å². The molecular weight excluding hydrogens is 331 g/mol. The van der Waals surface area contributed by atoms with Crippen LogP contribution in [0.4, 0.5) is 0 Å². The number of allylic oxidation sites excluding steroid dienone is 2. The second-order valence-corrected chi connectivity index (χ2v) is 8.80. The molecule has 0 aromatic carbocycles. The molecule has 2 atom stereocenters. The summed E-state index contributed by atoms with van der Waals surface area (Å²) in [6.45, 7) is 4.91. The van der Waals surface area contributed by atoms with Gasteiger partial charge in [0.05, 0.1) is 0 Å². The van der Waals surface area contributed by atoms with Crippen LogP contribution >= 0.6 is 0 Å². The molecule has 0 saturated carbocycles. The van der Waals surface area contributed by atoms with Crippen molar-refractivity contribution in [3.05, 3.63) is 11.6 Å². The number of halogens is 1. The van der Waals surface area contributed by atoms with Gasteiger partial charge in [-0.3, -0.25) is 0 Å². The first kappa shape index (κ1) is 16.5. The molecule has 0 fully saturated rings. The summed E-state index contributed by atoms with van der Waals surface area (Å²) >= 11 is 0.541. The van der Waals surface area contributed by atoms with Crippen LogP contribution in [0.3, 0.4) is 0 Å². The molecule has 1 heteroatoms. The Hall–Kier alpha value is 0.470. The third kappa shape index (κ3) is 7.81. The van der Waals surface area contributed by atoms with Crippen LogP contribution in [-0.2, 0) is 0 Å². The molecule has 0 aromatic heterocycles. The van der Waals surface area contributed by atoms with Crippen molar-refractivity contribution in [3.8, 4) is 0 Å². The number of hydrogen-bond acceptors (Lipinski definition) is 0. The van der Waals surface area contributed by atoms with Gasteiger partial charge in [0.1, 0.15) is 0 Å². The molecule has 0 heterocycles. The summed E-state index contributed by atoms with van der Waals surface area (Å²) in [4.78, 5) is 2.40. The minimum absolute atomic E-state index is 0.541. The number of hydrogen-bond donors (Lipinski definition) is 0. The average Bonchev–Trinajstić information content (AvgIpc) is 2.85. The molecule has 18 heavy (non-hydrogen) atoms. The molecule has 2 unspecified atom stereocenters. The molecule has 108 valence electrons. The quantitative estimate of drug-likeness (QED) is 0.242. The Morgan fingerprint density at radius 2 is 1.89 bits per heavy atom. The zero-order valence-electron chi connectivity index (χ0n) is 12.7. The molecule has 0 N–H and O–H groups in total. The Balaban J connectivity index is 2.00. The van der Waals surface area contributed by atoms with E-state index >= 15 is 0 Å². The zero-order chi connectivity index (χ0) is 13.2. The standard InChI is InChI=1S/C17H32I/c1-15(8-6-7-13-18-3)11-12-16(2)14-17-9-4-5-10-17/h9,15-16H,4-8,10-14H2,1-3H3/q-1. The van der Waals surface area contributed by atoms with E-state index in [4.69, 9.17) is 0 Å². The first-order valence-corrected chi connectivity index (χ1v) is 11.5. The topological polar surface area (TPSA) is 0 Å². The summed E-state index contributed by atoms with van der Waals surface area (Å²) < 4.78 is 1.54. The Kier molecular flexibility index (Phi) is 9.44. The summed E-state index contributed by atoms with van der Waals surface area (Å²) in [6.07, 6.45) is 15.4. The van der Waals surface area contributed by atoms with Gasteiger partial charge in [0.15, 0.2) is 0 Å². The Labute approximate surface area is 125 Å². The van der Waals surface area contributed by atoms with Crippen molar-refractivity contribution in [2.75, 3.05) is 9.36 Å². The van der Waals surface area contributed by atoms with Gasteiger partial charge in [-0.2, -0.15) is 0 Å². The molecule has 0 radical (unpaired) electrons. The van der Waals surface area contributed by atoms with Crippen molar-refractivity contribution in [2.45, 2.75) is 71.6 Å². The molecule has 1 aliphatic rings. The van der Waals surface area contributed by atoms with E-state index in [0.717, 1.165) is 11.8 Å². The van der Waals surface area contributed by atoms with Crippen LogP contribution in [0, 0.1) is 11.8 Å². The molecule has 0 bridgehead atoms. The predicted molar refractivity (Wildman–Crippen MR) is 78.8 cm³/mol. The summed E-state index contributed by atoms with van der Waals surface area (Å²) in [5, 5.41) is 0. The van der Waals surface area contributed by atoms with Gasteiger partial charge in [0.25, 0.3) is 0 Å². The van der Waals surface area contributed by atoms with Crippen LogP contribution in [0.2, 0.25) is 0 Å². The van der Waals surface area contributed by atoms with Crippen LogP contribution in [0.1, 0.15) is 71.6 Å². The maximum absolute atomic E-state index is 2.49. The van der Waals surface area contributed by atoms with Crippen LogP contribution in [0.25, 0.3) is 0 Å². The van der Waals surface area contributed by atoms with Crippen molar-refractivity contribution in [1.29, 1.82) is 0 Å². The SMILES string of the molecule is C[I-]CCCCC(C)CCC(C)CC1=CCCC1. The summed E-state index contributed by atoms with van der Waals surface area (Å²) in [5.74, 6) is 1.87. The Morgan fingerprint density at radius 3 is 2.56 bits per heavy atom. The van der Waals surface area contributed by atoms with Gasteiger partial charge in [-0.05, 0) is 0 Å². The molecule has 0 aliphatic heterocycles. The zero-order valence-corrected chi connectivity index (χ0v) is 14.8. The summed E-state index contributed by atoms with van der Waals surface area (Å²) in [7, 11) is 0. The van der Waals surface area contributed by atoms with E-state index in [0.29, 0.717) is 21.2 Å². The number of alkyl halides is 2. The fraction of sp³-hybridized carbons (Fsp3) is 0.882. The second-order valence-electron chi connectivity index (χ2n) is 6.20. The average molecular weight is 363 g/mol. The van der Waals surface area contributed by atoms with Crippen molar-refractivity contribution in [3.63, 3.8) is 0 Å². The van der Waals surface area contributed by atoms with Crippen LogP contribution in [0.5, 0.6) is 0 Å². The number of unbranched alkanes of at least 4 members (excludes halogenated alkanes) is 1. The van der Waals surface area contributed by atoms with E-state index in [-0.39, 0.29) is 0 Å². The van der Waals surface area contributed by atoms with Crippen molar-refractivity contribution in [1.82, 2.24) is 0 Å². The molecule has 1 aliphatic carbocycles. The summed E-state index contributed by atoms with van der Waals surface area (Å²) in [5.41, 5.74) is 1.75. The maximum atomic E-state index is 2.49. The first-order chi connectivity index (χ1) is 8.72. The Bertz CT molecular complexity index is 232. The predicted octanol–water partition coefficient (Wildman–Crippen LogP) is 2.43. The van der Waals surface area contributed by atoms with Crippen LogP contribution in [-0.4, -0.2) is 9.36 Å². The van der Waals surface area contributed by atoms with Gasteiger partial charge in [-0.1, -0.05) is 0 Å². The van der Waals surface area contributed by atoms with Crippen molar-refractivity contribution < 1.29 is 21.2 Å². The van der Waals surface area contributed by atoms with Crippen LogP contribution < -0.4 is 21.2 Å². The van der Waals surface area contributed by atoms with Gasteiger partial charge in [0, 0.05) is 0 Å². The third-order valence-corrected chi connectivity index (χ3v) is 6.01. The van der Waals surface area contributed by atoms with Gasteiger partial charge in [0.2, 0.25) is 0 Å². The van der Waals surface area contributed by atoms with E-state index in [2.05, 4.69) is 24.9 Å². The molecule has 0 aromatic rings. The molecule has 1 rings (SSSR count). The monoisotopic (exact) mass is 363 g/mol. The van der Waals surface area contributed by atoms with Gasteiger partial charge >= 0.3 is 126 Å². The van der Waals surface area contributed by atoms with Gasteiger partial charge < -0.3 is 0 Å². The normalized spacial score (nSPS) is 18.9. The van der Waals surface area contributed by atoms with E-state index in [1.807, 2.05) is 0 Å². The first-order valence-electron chi connectivity index (χ1n) is 7.84. The van der Waals surface area contributed by atoms with Crippen molar-refractivity contribution in [2.24, 2.45) is 11.8 Å². The molecule has 0 saturated heterocycles. The number of rotatable bonds is 10. The van der Waals surface area contributed by atoms with Crippen LogP contribution in [0.15, 0.2) is 11.6 Å². The third-order valence-electron chi connectivity index (χ3n) is 4.17. The van der Waals surface area contributed by atoms with E-state index in [1.54, 1.807) is 5.57 Å². The fourth-order valence-corrected chi connectivity index (χ4v) is 4.21. The molecular formula is C17H32I-. The molecule has 0 spiro atoms. The molecule has 0 nitrogen and oxygen atoms in total. The van der Waals surface area contributed by atoms with Gasteiger partial charge in [-0.15, -0.1) is 0 Å². The van der Waals surface area contributed by atoms with E-state index in [9.17, 15) is 0 Å². The fourth-order valence-electron chi connectivity index (χ4n) is 2.91. The van der Waals surface area contributed by atoms with E-state index < -0.39 is 0 Å². The Morgan fingerprint density at radius 1 is 1.11 bits per heavy atom. The van der Waals surface area contributed by atoms with E-state index in [1.165, 1.54) is 62.2 Å². The van der Waals surface area contributed by atoms with Gasteiger partial charge in [-0.25, -0.2) is 0 Å². The second kappa shape index (κ2) is 10.3.